The van der Waals surface area contributed by atoms with Crippen LogP contribution in [0.15, 0.2) is 30.6 Å². The first kappa shape index (κ1) is 14.3. The van der Waals surface area contributed by atoms with Gasteiger partial charge >= 0.3 is 6.61 Å². The first-order valence-electron chi connectivity index (χ1n) is 6.17. The lowest BCUT2D eigenvalue weighted by Crippen LogP contribution is -2.22. The lowest BCUT2D eigenvalue weighted by atomic mass is 10.1. The summed E-state index contributed by atoms with van der Waals surface area (Å²) in [4.78, 5) is 4.29. The lowest BCUT2D eigenvalue weighted by Gasteiger charge is -2.22. The highest BCUT2D eigenvalue weighted by molar-refractivity contribution is 5.71. The van der Waals surface area contributed by atoms with Crippen LogP contribution in [0.3, 0.4) is 0 Å². The Kier molecular flexibility index (Phi) is 3.65. The molecule has 0 fully saturated rings. The molecule has 108 valence electrons. The highest BCUT2D eigenvalue weighted by Gasteiger charge is 2.19. The van der Waals surface area contributed by atoms with Crippen LogP contribution in [-0.4, -0.2) is 16.2 Å². The van der Waals surface area contributed by atoms with Crippen molar-refractivity contribution in [2.45, 2.75) is 32.9 Å². The van der Waals surface area contributed by atoms with Crippen molar-refractivity contribution in [2.24, 2.45) is 0 Å². The van der Waals surface area contributed by atoms with Gasteiger partial charge in [-0.3, -0.25) is 0 Å². The number of alkyl halides is 2. The number of imidazole rings is 1. The number of hydrogen-bond donors (Lipinski definition) is 1. The zero-order valence-corrected chi connectivity index (χ0v) is 11.6. The standard InChI is InChI=1S/C14H17F2N3O/c1-14(2,3)19-8-18-11(12(19)17)9-4-6-10(7-5-9)20-13(15)16/h4-8,13H,17H2,1-3H3. The van der Waals surface area contributed by atoms with Crippen molar-refractivity contribution in [2.75, 3.05) is 5.73 Å². The van der Waals surface area contributed by atoms with Gasteiger partial charge in [-0.15, -0.1) is 0 Å². The maximum atomic E-state index is 12.1. The molecule has 0 spiro atoms. The molecule has 0 saturated carbocycles. The quantitative estimate of drug-likeness (QED) is 0.937. The van der Waals surface area contributed by atoms with Crippen LogP contribution in [0.5, 0.6) is 5.75 Å². The van der Waals surface area contributed by atoms with Gasteiger partial charge in [0.25, 0.3) is 0 Å². The van der Waals surface area contributed by atoms with Crippen molar-refractivity contribution in [1.82, 2.24) is 9.55 Å². The first-order valence-corrected chi connectivity index (χ1v) is 6.17. The van der Waals surface area contributed by atoms with Gasteiger partial charge in [-0.2, -0.15) is 8.78 Å². The number of rotatable bonds is 3. The SMILES string of the molecule is CC(C)(C)n1cnc(-c2ccc(OC(F)F)cc2)c1N. The van der Waals surface area contributed by atoms with Gasteiger partial charge in [0.2, 0.25) is 0 Å². The van der Waals surface area contributed by atoms with E-state index in [4.69, 9.17) is 5.73 Å². The van der Waals surface area contributed by atoms with Gasteiger partial charge in [0.1, 0.15) is 17.3 Å². The minimum absolute atomic E-state index is 0.109. The van der Waals surface area contributed by atoms with Crippen molar-refractivity contribution in [3.05, 3.63) is 30.6 Å². The summed E-state index contributed by atoms with van der Waals surface area (Å²) < 4.78 is 30.3. The van der Waals surface area contributed by atoms with Crippen molar-refractivity contribution in [3.8, 4) is 17.0 Å². The Morgan fingerprint density at radius 1 is 1.20 bits per heavy atom. The Hall–Kier alpha value is -2.11. The molecular weight excluding hydrogens is 264 g/mol. The number of halogens is 2. The third-order valence-electron chi connectivity index (χ3n) is 2.88. The van der Waals surface area contributed by atoms with Crippen LogP contribution in [0, 0.1) is 0 Å². The molecule has 2 N–H and O–H groups in total. The van der Waals surface area contributed by atoms with Gasteiger partial charge in [0.05, 0.1) is 6.33 Å². The largest absolute Gasteiger partial charge is 0.435 e. The molecule has 6 heteroatoms. The smallest absolute Gasteiger partial charge is 0.387 e. The molecule has 0 aliphatic heterocycles. The minimum Gasteiger partial charge on any atom is -0.435 e. The average molecular weight is 281 g/mol. The predicted octanol–water partition coefficient (Wildman–Crippen LogP) is 3.49. The summed E-state index contributed by atoms with van der Waals surface area (Å²) >= 11 is 0. The molecule has 0 aliphatic rings. The lowest BCUT2D eigenvalue weighted by molar-refractivity contribution is -0.0498. The summed E-state index contributed by atoms with van der Waals surface area (Å²) in [7, 11) is 0. The monoisotopic (exact) mass is 281 g/mol. The molecule has 2 rings (SSSR count). The molecule has 1 heterocycles. The Morgan fingerprint density at radius 3 is 2.25 bits per heavy atom. The van der Waals surface area contributed by atoms with Crippen LogP contribution in [0.25, 0.3) is 11.3 Å². The molecule has 1 aromatic heterocycles. The molecule has 0 atom stereocenters. The third kappa shape index (κ3) is 2.89. The van der Waals surface area contributed by atoms with Gasteiger partial charge in [-0.1, -0.05) is 0 Å². The second-order valence-electron chi connectivity index (χ2n) is 5.42. The number of anilines is 1. The number of nitrogens with two attached hydrogens (primary N) is 1. The van der Waals surface area contributed by atoms with E-state index in [0.717, 1.165) is 5.56 Å². The van der Waals surface area contributed by atoms with Crippen molar-refractivity contribution in [3.63, 3.8) is 0 Å². The van der Waals surface area contributed by atoms with Crippen molar-refractivity contribution in [1.29, 1.82) is 0 Å². The number of benzene rings is 1. The van der Waals surface area contributed by atoms with Gasteiger partial charge in [0.15, 0.2) is 0 Å². The Morgan fingerprint density at radius 2 is 1.80 bits per heavy atom. The van der Waals surface area contributed by atoms with Crippen LogP contribution < -0.4 is 10.5 Å². The molecule has 0 bridgehead atoms. The Bertz CT molecular complexity index is 585. The van der Waals surface area contributed by atoms with Gasteiger partial charge in [-0.25, -0.2) is 4.98 Å². The summed E-state index contributed by atoms with van der Waals surface area (Å²) in [6.45, 7) is 3.24. The number of ether oxygens (including phenoxy) is 1. The average Bonchev–Trinajstić information content (AvgIpc) is 2.71. The molecule has 0 unspecified atom stereocenters. The molecular formula is C14H17F2N3O. The second kappa shape index (κ2) is 5.11. The molecule has 2 aromatic rings. The van der Waals surface area contributed by atoms with E-state index in [-0.39, 0.29) is 11.3 Å². The first-order chi connectivity index (χ1) is 9.29. The van der Waals surface area contributed by atoms with E-state index < -0.39 is 6.61 Å². The van der Waals surface area contributed by atoms with Crippen LogP contribution in [0.1, 0.15) is 20.8 Å². The van der Waals surface area contributed by atoms with Gasteiger partial charge in [-0.05, 0) is 45.0 Å². The van der Waals surface area contributed by atoms with E-state index in [1.165, 1.54) is 12.1 Å². The van der Waals surface area contributed by atoms with E-state index >= 15 is 0 Å². The molecule has 20 heavy (non-hydrogen) atoms. The van der Waals surface area contributed by atoms with Crippen LogP contribution in [0.2, 0.25) is 0 Å². The predicted molar refractivity (Wildman–Crippen MR) is 73.7 cm³/mol. The van der Waals surface area contributed by atoms with Crippen LogP contribution >= 0.6 is 0 Å². The van der Waals surface area contributed by atoms with Gasteiger partial charge in [0, 0.05) is 11.1 Å². The maximum absolute atomic E-state index is 12.1. The molecule has 0 radical (unpaired) electrons. The zero-order valence-electron chi connectivity index (χ0n) is 11.6. The highest BCUT2D eigenvalue weighted by Crippen LogP contribution is 2.29. The maximum Gasteiger partial charge on any atom is 0.387 e. The molecule has 0 aliphatic carbocycles. The number of nitrogen functional groups attached to an aromatic ring is 1. The van der Waals surface area contributed by atoms with Crippen LogP contribution in [0.4, 0.5) is 14.6 Å². The van der Waals surface area contributed by atoms with E-state index in [1.54, 1.807) is 18.5 Å². The normalized spacial score (nSPS) is 11.9. The summed E-state index contributed by atoms with van der Waals surface area (Å²) in [5.74, 6) is 0.651. The number of nitrogens with zero attached hydrogens (tertiary/aromatic N) is 2. The van der Waals surface area contributed by atoms with Crippen molar-refractivity contribution >= 4 is 5.82 Å². The van der Waals surface area contributed by atoms with Crippen LogP contribution in [-0.2, 0) is 5.54 Å². The summed E-state index contributed by atoms with van der Waals surface area (Å²) in [5, 5.41) is 0. The molecule has 0 saturated heterocycles. The van der Waals surface area contributed by atoms with E-state index in [0.29, 0.717) is 11.5 Å². The minimum atomic E-state index is -2.83. The van der Waals surface area contributed by atoms with Crippen molar-refractivity contribution < 1.29 is 13.5 Å². The number of aromatic nitrogens is 2. The fourth-order valence-electron chi connectivity index (χ4n) is 1.91. The topological polar surface area (TPSA) is 53.1 Å². The number of hydrogen-bond acceptors (Lipinski definition) is 3. The van der Waals surface area contributed by atoms with E-state index in [2.05, 4.69) is 9.72 Å². The summed E-state index contributed by atoms with van der Waals surface area (Å²) in [6.07, 6.45) is 1.67. The molecule has 1 aromatic carbocycles. The second-order valence-corrected chi connectivity index (χ2v) is 5.42. The fourth-order valence-corrected chi connectivity index (χ4v) is 1.91. The summed E-state index contributed by atoms with van der Waals surface area (Å²) in [5.41, 5.74) is 7.30. The molecule has 4 nitrogen and oxygen atoms in total. The van der Waals surface area contributed by atoms with Gasteiger partial charge < -0.3 is 15.0 Å². The Labute approximate surface area is 116 Å². The fraction of sp³-hybridized carbons (Fsp3) is 0.357. The molecule has 0 amide bonds. The van der Waals surface area contributed by atoms with E-state index in [9.17, 15) is 8.78 Å². The highest BCUT2D eigenvalue weighted by atomic mass is 19.3. The summed E-state index contributed by atoms with van der Waals surface area (Å²) in [6, 6.07) is 6.25. The zero-order chi connectivity index (χ0) is 14.9. The third-order valence-corrected chi connectivity index (χ3v) is 2.88. The Balaban J connectivity index is 2.31. The van der Waals surface area contributed by atoms with E-state index in [1.807, 2.05) is 25.3 Å².